The van der Waals surface area contributed by atoms with Crippen molar-refractivity contribution in [1.29, 1.82) is 0 Å². The minimum Gasteiger partial charge on any atom is -0.363 e. The monoisotopic (exact) mass is 240 g/mol. The van der Waals surface area contributed by atoms with E-state index in [4.69, 9.17) is 4.74 Å². The molecule has 2 nitrogen and oxygen atoms in total. The number of hydrogen-bond donors (Lipinski definition) is 0. The van der Waals surface area contributed by atoms with Crippen molar-refractivity contribution in [2.75, 3.05) is 6.61 Å². The van der Waals surface area contributed by atoms with E-state index in [2.05, 4.69) is 15.9 Å². The fourth-order valence-electron chi connectivity index (χ4n) is 1.46. The van der Waals surface area contributed by atoms with Gasteiger partial charge >= 0.3 is 0 Å². The molecular weight excluding hydrogens is 232 g/mol. The first-order valence-electron chi connectivity index (χ1n) is 4.13. The van der Waals surface area contributed by atoms with E-state index >= 15 is 0 Å². The van der Waals surface area contributed by atoms with Gasteiger partial charge in [-0.1, -0.05) is 28.1 Å². The molecule has 68 valence electrons. The normalized spacial score (nSPS) is 26.5. The Morgan fingerprint density at radius 2 is 2.31 bits per heavy atom. The summed E-state index contributed by atoms with van der Waals surface area (Å²) < 4.78 is 6.29. The molecule has 2 rings (SSSR count). The molecule has 1 atom stereocenters. The molecule has 1 saturated heterocycles. The zero-order valence-corrected chi connectivity index (χ0v) is 8.58. The minimum absolute atomic E-state index is 0.663. The van der Waals surface area contributed by atoms with Gasteiger partial charge in [0.15, 0.2) is 11.9 Å². The first-order chi connectivity index (χ1) is 6.27. The quantitative estimate of drug-likeness (QED) is 0.742. The summed E-state index contributed by atoms with van der Waals surface area (Å²) in [5, 5.41) is 0. The molecule has 3 heteroatoms. The lowest BCUT2D eigenvalue weighted by Crippen LogP contribution is -2.42. The van der Waals surface area contributed by atoms with Crippen LogP contribution in [0.3, 0.4) is 0 Å². The highest BCUT2D eigenvalue weighted by Gasteiger charge is 2.40. The van der Waals surface area contributed by atoms with Crippen LogP contribution in [0.15, 0.2) is 28.7 Å². The maximum atomic E-state index is 10.9. The molecular formula is C10H9BrO2. The molecule has 0 radical (unpaired) electrons. The summed E-state index contributed by atoms with van der Waals surface area (Å²) in [6.45, 7) is 0.672. The summed E-state index contributed by atoms with van der Waals surface area (Å²) >= 11 is 3.37. The molecule has 1 fully saturated rings. The summed E-state index contributed by atoms with van der Waals surface area (Å²) in [6, 6.07) is 7.68. The van der Waals surface area contributed by atoms with Gasteiger partial charge in [0.05, 0.1) is 6.61 Å². The van der Waals surface area contributed by atoms with Crippen LogP contribution < -0.4 is 0 Å². The van der Waals surface area contributed by atoms with Crippen LogP contribution in [0.1, 0.15) is 12.0 Å². The molecule has 0 aromatic heterocycles. The zero-order valence-electron chi connectivity index (χ0n) is 7.00. The van der Waals surface area contributed by atoms with Crippen LogP contribution in [0.5, 0.6) is 0 Å². The van der Waals surface area contributed by atoms with Crippen LogP contribution in [0.25, 0.3) is 0 Å². The van der Waals surface area contributed by atoms with Crippen molar-refractivity contribution in [3.8, 4) is 0 Å². The van der Waals surface area contributed by atoms with E-state index in [0.29, 0.717) is 6.61 Å². The van der Waals surface area contributed by atoms with Gasteiger partial charge in [0, 0.05) is 10.9 Å². The lowest BCUT2D eigenvalue weighted by Gasteiger charge is -2.37. The van der Waals surface area contributed by atoms with Crippen molar-refractivity contribution >= 4 is 22.2 Å². The highest BCUT2D eigenvalue weighted by Crippen LogP contribution is 2.36. The van der Waals surface area contributed by atoms with Gasteiger partial charge in [-0.25, -0.2) is 0 Å². The molecule has 0 spiro atoms. The second-order valence-electron chi connectivity index (χ2n) is 3.12. The molecule has 1 aromatic rings. The van der Waals surface area contributed by atoms with Crippen LogP contribution in [0.2, 0.25) is 0 Å². The molecule has 13 heavy (non-hydrogen) atoms. The van der Waals surface area contributed by atoms with E-state index in [1.165, 1.54) is 0 Å². The number of carbonyl (C=O) groups is 1. The van der Waals surface area contributed by atoms with Crippen molar-refractivity contribution in [3.05, 3.63) is 34.3 Å². The summed E-state index contributed by atoms with van der Waals surface area (Å²) in [4.78, 5) is 10.9. The predicted molar refractivity (Wildman–Crippen MR) is 52.5 cm³/mol. The van der Waals surface area contributed by atoms with Crippen molar-refractivity contribution in [1.82, 2.24) is 0 Å². The topological polar surface area (TPSA) is 26.3 Å². The average Bonchev–Trinajstić information content (AvgIpc) is 2.03. The van der Waals surface area contributed by atoms with Crippen LogP contribution in [0, 0.1) is 0 Å². The Bertz CT molecular complexity index is 331. The molecule has 0 bridgehead atoms. The predicted octanol–water partition coefficient (Wildman–Crippen LogP) is 2.26. The molecule has 1 unspecified atom stereocenters. The molecule has 1 aliphatic rings. The Morgan fingerprint density at radius 1 is 1.54 bits per heavy atom. The van der Waals surface area contributed by atoms with E-state index in [0.717, 1.165) is 22.7 Å². The average molecular weight is 241 g/mol. The van der Waals surface area contributed by atoms with E-state index in [9.17, 15) is 4.79 Å². The Balaban J connectivity index is 2.38. The maximum Gasteiger partial charge on any atom is 0.156 e. The van der Waals surface area contributed by atoms with Crippen LogP contribution in [0.4, 0.5) is 0 Å². The maximum absolute atomic E-state index is 10.9. The first kappa shape index (κ1) is 8.91. The summed E-state index contributed by atoms with van der Waals surface area (Å²) in [7, 11) is 0. The third-order valence-corrected chi connectivity index (χ3v) is 2.83. The van der Waals surface area contributed by atoms with Gasteiger partial charge in [0.2, 0.25) is 0 Å². The van der Waals surface area contributed by atoms with Gasteiger partial charge in [0.25, 0.3) is 0 Å². The van der Waals surface area contributed by atoms with Gasteiger partial charge < -0.3 is 4.74 Å². The molecule has 1 heterocycles. The van der Waals surface area contributed by atoms with Gasteiger partial charge in [0.1, 0.15) is 0 Å². The third-order valence-electron chi connectivity index (χ3n) is 2.34. The SMILES string of the molecule is O=CC1(c2cccc(Br)c2)CCO1. The lowest BCUT2D eigenvalue weighted by atomic mass is 9.88. The summed E-state index contributed by atoms with van der Waals surface area (Å²) in [6.07, 6.45) is 1.67. The number of hydrogen-bond acceptors (Lipinski definition) is 2. The second-order valence-corrected chi connectivity index (χ2v) is 4.03. The van der Waals surface area contributed by atoms with Gasteiger partial charge in [-0.05, 0) is 17.7 Å². The van der Waals surface area contributed by atoms with E-state index in [-0.39, 0.29) is 0 Å². The smallest absolute Gasteiger partial charge is 0.156 e. The van der Waals surface area contributed by atoms with Crippen LogP contribution in [-0.2, 0) is 15.1 Å². The number of rotatable bonds is 2. The Labute approximate surface area is 85.0 Å². The largest absolute Gasteiger partial charge is 0.363 e. The fourth-order valence-corrected chi connectivity index (χ4v) is 1.86. The van der Waals surface area contributed by atoms with Gasteiger partial charge in [-0.2, -0.15) is 0 Å². The first-order valence-corrected chi connectivity index (χ1v) is 4.92. The molecule has 0 N–H and O–H groups in total. The second kappa shape index (κ2) is 3.24. The van der Waals surface area contributed by atoms with Crippen molar-refractivity contribution in [2.45, 2.75) is 12.0 Å². The highest BCUT2D eigenvalue weighted by atomic mass is 79.9. The fraction of sp³-hybridized carbons (Fsp3) is 0.300. The van der Waals surface area contributed by atoms with Gasteiger partial charge in [-0.3, -0.25) is 4.79 Å². The molecule has 0 amide bonds. The standard InChI is InChI=1S/C10H9BrO2/c11-9-3-1-2-8(6-9)10(7-12)4-5-13-10/h1-3,6-7H,4-5H2. The van der Waals surface area contributed by atoms with E-state index in [1.807, 2.05) is 24.3 Å². The van der Waals surface area contributed by atoms with Gasteiger partial charge in [-0.15, -0.1) is 0 Å². The molecule has 1 aliphatic heterocycles. The number of ether oxygens (including phenoxy) is 1. The Hall–Kier alpha value is -0.670. The van der Waals surface area contributed by atoms with Crippen molar-refractivity contribution in [3.63, 3.8) is 0 Å². The summed E-state index contributed by atoms with van der Waals surface area (Å²) in [5.74, 6) is 0. The number of aldehydes is 1. The zero-order chi connectivity index (χ0) is 9.31. The van der Waals surface area contributed by atoms with Crippen LogP contribution >= 0.6 is 15.9 Å². The highest BCUT2D eigenvalue weighted by molar-refractivity contribution is 9.10. The van der Waals surface area contributed by atoms with Crippen LogP contribution in [-0.4, -0.2) is 12.9 Å². The molecule has 0 aliphatic carbocycles. The molecule has 0 saturated carbocycles. The number of carbonyl (C=O) groups excluding carboxylic acids is 1. The number of benzene rings is 1. The minimum atomic E-state index is -0.663. The Kier molecular flexibility index (Phi) is 2.22. The lowest BCUT2D eigenvalue weighted by molar-refractivity contribution is -0.164. The third kappa shape index (κ3) is 1.42. The van der Waals surface area contributed by atoms with Crippen molar-refractivity contribution in [2.24, 2.45) is 0 Å². The summed E-state index contributed by atoms with van der Waals surface area (Å²) in [5.41, 5.74) is 0.271. The van der Waals surface area contributed by atoms with E-state index in [1.54, 1.807) is 0 Å². The Morgan fingerprint density at radius 3 is 2.77 bits per heavy atom. The van der Waals surface area contributed by atoms with Crippen molar-refractivity contribution < 1.29 is 9.53 Å². The number of halogens is 1. The molecule has 1 aromatic carbocycles. The van der Waals surface area contributed by atoms with E-state index < -0.39 is 5.60 Å².